The smallest absolute Gasteiger partial charge is 0.119 e. The molecule has 3 nitrogen and oxygen atoms in total. The predicted octanol–water partition coefficient (Wildman–Crippen LogP) is 2.52. The molecule has 0 unspecified atom stereocenters. The summed E-state index contributed by atoms with van der Waals surface area (Å²) in [5.74, 6) is 0.850. The Morgan fingerprint density at radius 2 is 1.89 bits per heavy atom. The van der Waals surface area contributed by atoms with Gasteiger partial charge in [0.25, 0.3) is 0 Å². The van der Waals surface area contributed by atoms with E-state index in [4.69, 9.17) is 4.74 Å². The third-order valence-electron chi connectivity index (χ3n) is 2.99. The molecule has 2 rings (SSSR count). The Bertz CT molecular complexity index is 499. The van der Waals surface area contributed by atoms with Crippen LogP contribution in [0.5, 0.6) is 5.75 Å². The van der Waals surface area contributed by atoms with E-state index in [9.17, 15) is 5.11 Å². The summed E-state index contributed by atoms with van der Waals surface area (Å²) < 4.78 is 5.17. The van der Waals surface area contributed by atoms with Gasteiger partial charge in [0, 0.05) is 13.1 Å². The number of aliphatic hydroxyl groups is 1. The monoisotopic (exact) mass is 257 g/mol. The van der Waals surface area contributed by atoms with E-state index in [1.165, 1.54) is 0 Å². The maximum Gasteiger partial charge on any atom is 0.119 e. The van der Waals surface area contributed by atoms with Crippen LogP contribution < -0.4 is 10.1 Å². The molecular formula is C16H19NO2. The first-order chi connectivity index (χ1) is 9.29. The summed E-state index contributed by atoms with van der Waals surface area (Å²) in [5.41, 5.74) is 2.07. The van der Waals surface area contributed by atoms with Gasteiger partial charge in [0.1, 0.15) is 5.75 Å². The summed E-state index contributed by atoms with van der Waals surface area (Å²) in [6.07, 6.45) is -0.480. The lowest BCUT2D eigenvalue weighted by Gasteiger charge is -2.12. The van der Waals surface area contributed by atoms with Crippen molar-refractivity contribution in [1.82, 2.24) is 5.32 Å². The average molecular weight is 257 g/mol. The number of benzene rings is 2. The van der Waals surface area contributed by atoms with E-state index in [1.807, 2.05) is 54.6 Å². The van der Waals surface area contributed by atoms with Crippen LogP contribution in [0.1, 0.15) is 17.2 Å². The van der Waals surface area contributed by atoms with Gasteiger partial charge in [0.15, 0.2) is 0 Å². The lowest BCUT2D eigenvalue weighted by molar-refractivity contribution is 0.174. The molecule has 2 aromatic carbocycles. The van der Waals surface area contributed by atoms with Crippen LogP contribution in [0.2, 0.25) is 0 Å². The van der Waals surface area contributed by atoms with Crippen molar-refractivity contribution < 1.29 is 9.84 Å². The van der Waals surface area contributed by atoms with Gasteiger partial charge >= 0.3 is 0 Å². The Labute approximate surface area is 113 Å². The van der Waals surface area contributed by atoms with Gasteiger partial charge in [-0.15, -0.1) is 0 Å². The van der Waals surface area contributed by atoms with Crippen molar-refractivity contribution in [3.05, 3.63) is 65.7 Å². The topological polar surface area (TPSA) is 41.5 Å². The molecule has 0 aromatic heterocycles. The van der Waals surface area contributed by atoms with Crippen molar-refractivity contribution in [2.24, 2.45) is 0 Å². The minimum absolute atomic E-state index is 0.480. The molecule has 0 bridgehead atoms. The molecule has 100 valence electrons. The van der Waals surface area contributed by atoms with E-state index < -0.39 is 6.10 Å². The van der Waals surface area contributed by atoms with Crippen LogP contribution in [0.25, 0.3) is 0 Å². The molecule has 0 fully saturated rings. The zero-order chi connectivity index (χ0) is 13.5. The number of ether oxygens (including phenoxy) is 1. The Morgan fingerprint density at radius 1 is 1.11 bits per heavy atom. The minimum atomic E-state index is -0.480. The van der Waals surface area contributed by atoms with Crippen molar-refractivity contribution >= 4 is 0 Å². The van der Waals surface area contributed by atoms with Crippen LogP contribution in [0.3, 0.4) is 0 Å². The van der Waals surface area contributed by atoms with E-state index in [0.29, 0.717) is 13.1 Å². The van der Waals surface area contributed by atoms with Crippen LogP contribution in [0.4, 0.5) is 0 Å². The van der Waals surface area contributed by atoms with Crippen LogP contribution in [-0.4, -0.2) is 18.8 Å². The molecule has 3 heteroatoms. The van der Waals surface area contributed by atoms with E-state index >= 15 is 0 Å². The molecule has 0 heterocycles. The van der Waals surface area contributed by atoms with E-state index in [0.717, 1.165) is 16.9 Å². The highest BCUT2D eigenvalue weighted by Gasteiger charge is 2.05. The van der Waals surface area contributed by atoms with Crippen LogP contribution in [0, 0.1) is 0 Å². The van der Waals surface area contributed by atoms with Gasteiger partial charge in [-0.2, -0.15) is 0 Å². The fourth-order valence-corrected chi connectivity index (χ4v) is 1.93. The molecule has 2 aromatic rings. The van der Waals surface area contributed by atoms with Gasteiger partial charge < -0.3 is 15.2 Å². The highest BCUT2D eigenvalue weighted by molar-refractivity contribution is 5.28. The van der Waals surface area contributed by atoms with Crippen molar-refractivity contribution in [2.75, 3.05) is 13.7 Å². The Kier molecular flexibility index (Phi) is 4.95. The molecule has 1 atom stereocenters. The average Bonchev–Trinajstić information content (AvgIpc) is 2.48. The molecule has 0 saturated carbocycles. The zero-order valence-electron chi connectivity index (χ0n) is 11.0. The second kappa shape index (κ2) is 6.92. The fourth-order valence-electron chi connectivity index (χ4n) is 1.93. The van der Waals surface area contributed by atoms with Gasteiger partial charge in [-0.1, -0.05) is 42.5 Å². The normalized spacial score (nSPS) is 12.1. The number of rotatable bonds is 6. The Morgan fingerprint density at radius 3 is 2.63 bits per heavy atom. The molecular weight excluding hydrogens is 238 g/mol. The number of aliphatic hydroxyl groups excluding tert-OH is 1. The summed E-state index contributed by atoms with van der Waals surface area (Å²) >= 11 is 0. The SMILES string of the molecule is COc1cccc(CNC[C@@H](O)c2ccccc2)c1. The summed E-state index contributed by atoms with van der Waals surface area (Å²) in [4.78, 5) is 0. The van der Waals surface area contributed by atoms with Crippen molar-refractivity contribution in [3.8, 4) is 5.75 Å². The first-order valence-electron chi connectivity index (χ1n) is 6.36. The molecule has 0 aliphatic heterocycles. The van der Waals surface area contributed by atoms with Crippen molar-refractivity contribution in [2.45, 2.75) is 12.6 Å². The van der Waals surface area contributed by atoms with Crippen LogP contribution in [-0.2, 0) is 6.54 Å². The second-order valence-corrected chi connectivity index (χ2v) is 4.41. The van der Waals surface area contributed by atoms with Gasteiger partial charge in [0.05, 0.1) is 13.2 Å². The Balaban J connectivity index is 1.83. The summed E-state index contributed by atoms with van der Waals surface area (Å²) in [7, 11) is 1.66. The highest BCUT2D eigenvalue weighted by Crippen LogP contribution is 2.13. The Hall–Kier alpha value is -1.84. The van der Waals surface area contributed by atoms with E-state index in [-0.39, 0.29) is 0 Å². The van der Waals surface area contributed by atoms with Gasteiger partial charge in [0.2, 0.25) is 0 Å². The summed E-state index contributed by atoms with van der Waals surface area (Å²) in [5, 5.41) is 13.3. The zero-order valence-corrected chi connectivity index (χ0v) is 11.0. The first kappa shape index (κ1) is 13.6. The van der Waals surface area contributed by atoms with Crippen LogP contribution in [0.15, 0.2) is 54.6 Å². The molecule has 0 radical (unpaired) electrons. The summed E-state index contributed by atoms with van der Waals surface area (Å²) in [6, 6.07) is 17.6. The van der Waals surface area contributed by atoms with Crippen molar-refractivity contribution in [1.29, 1.82) is 0 Å². The molecule has 0 aliphatic rings. The lowest BCUT2D eigenvalue weighted by Crippen LogP contribution is -2.21. The highest BCUT2D eigenvalue weighted by atomic mass is 16.5. The molecule has 0 amide bonds. The third-order valence-corrected chi connectivity index (χ3v) is 2.99. The quantitative estimate of drug-likeness (QED) is 0.835. The fraction of sp³-hybridized carbons (Fsp3) is 0.250. The van der Waals surface area contributed by atoms with Crippen LogP contribution >= 0.6 is 0 Å². The van der Waals surface area contributed by atoms with Crippen molar-refractivity contribution in [3.63, 3.8) is 0 Å². The second-order valence-electron chi connectivity index (χ2n) is 4.41. The largest absolute Gasteiger partial charge is 0.497 e. The number of hydrogen-bond acceptors (Lipinski definition) is 3. The first-order valence-corrected chi connectivity index (χ1v) is 6.36. The third kappa shape index (κ3) is 4.09. The molecule has 2 N–H and O–H groups in total. The minimum Gasteiger partial charge on any atom is -0.497 e. The number of hydrogen-bond donors (Lipinski definition) is 2. The van der Waals surface area contributed by atoms with Gasteiger partial charge in [-0.3, -0.25) is 0 Å². The standard InChI is InChI=1S/C16H19NO2/c1-19-15-9-5-6-13(10-15)11-17-12-16(18)14-7-3-2-4-8-14/h2-10,16-18H,11-12H2,1H3/t16-/m1/s1. The predicted molar refractivity (Wildman–Crippen MR) is 76.1 cm³/mol. The van der Waals surface area contributed by atoms with E-state index in [1.54, 1.807) is 7.11 Å². The lowest BCUT2D eigenvalue weighted by atomic mass is 10.1. The van der Waals surface area contributed by atoms with Gasteiger partial charge in [-0.25, -0.2) is 0 Å². The maximum atomic E-state index is 10.0. The summed E-state index contributed by atoms with van der Waals surface area (Å²) in [6.45, 7) is 1.24. The van der Waals surface area contributed by atoms with E-state index in [2.05, 4.69) is 5.32 Å². The maximum absolute atomic E-state index is 10.0. The molecule has 0 saturated heterocycles. The molecule has 0 spiro atoms. The number of nitrogens with one attached hydrogen (secondary N) is 1. The van der Waals surface area contributed by atoms with Gasteiger partial charge in [-0.05, 0) is 23.3 Å². The number of methoxy groups -OCH3 is 1. The molecule has 19 heavy (non-hydrogen) atoms. The molecule has 0 aliphatic carbocycles.